The molecule has 0 radical (unpaired) electrons. The maximum atomic E-state index is 13.1. The van der Waals surface area contributed by atoms with Crippen LogP contribution in [0.25, 0.3) is 0 Å². The largest absolute Gasteiger partial charge is 0.462 e. The number of aliphatic hydroxyl groups excluding tert-OH is 2. The van der Waals surface area contributed by atoms with Crippen molar-refractivity contribution in [3.05, 3.63) is 0 Å². The van der Waals surface area contributed by atoms with Gasteiger partial charge in [-0.2, -0.15) is 0 Å². The van der Waals surface area contributed by atoms with Gasteiger partial charge in [-0.15, -0.1) is 0 Å². The van der Waals surface area contributed by atoms with Crippen molar-refractivity contribution < 1.29 is 24.5 Å². The molecule has 3 N–H and O–H groups in total. The maximum absolute atomic E-state index is 13.1. The monoisotopic (exact) mass is 766 g/mol. The summed E-state index contributed by atoms with van der Waals surface area (Å²) in [5.41, 5.74) is 0. The quantitative estimate of drug-likeness (QED) is 0.0424. The Labute approximate surface area is 336 Å². The van der Waals surface area contributed by atoms with Gasteiger partial charge in [-0.1, -0.05) is 233 Å². The number of esters is 1. The van der Waals surface area contributed by atoms with Gasteiger partial charge in [0.05, 0.1) is 25.2 Å². The Morgan fingerprint density at radius 3 is 1.13 bits per heavy atom. The topological polar surface area (TPSA) is 95.9 Å². The van der Waals surface area contributed by atoms with Crippen LogP contribution in [0.15, 0.2) is 0 Å². The normalized spacial score (nSPS) is 13.2. The number of carbonyl (C=O) groups is 2. The van der Waals surface area contributed by atoms with E-state index >= 15 is 0 Å². The van der Waals surface area contributed by atoms with Gasteiger partial charge < -0.3 is 20.3 Å². The number of rotatable bonds is 44. The fourth-order valence-electron chi connectivity index (χ4n) is 7.73. The van der Waals surface area contributed by atoms with Crippen LogP contribution in [0.3, 0.4) is 0 Å². The first-order valence-electron chi connectivity index (χ1n) is 24.3. The molecule has 3 unspecified atom stereocenters. The zero-order chi connectivity index (χ0) is 39.6. The van der Waals surface area contributed by atoms with Crippen LogP contribution < -0.4 is 5.32 Å². The summed E-state index contributed by atoms with van der Waals surface area (Å²) in [7, 11) is 0. The second kappa shape index (κ2) is 43.0. The number of ether oxygens (including phenoxy) is 1. The molecule has 0 aliphatic heterocycles. The van der Waals surface area contributed by atoms with Crippen LogP contribution in [-0.2, 0) is 14.3 Å². The number of hydrogen-bond donors (Lipinski definition) is 3. The van der Waals surface area contributed by atoms with Crippen LogP contribution in [0.4, 0.5) is 0 Å². The number of aliphatic hydroxyl groups is 2. The lowest BCUT2D eigenvalue weighted by Crippen LogP contribution is -2.46. The molecule has 0 aromatic carbocycles. The third-order valence-corrected chi connectivity index (χ3v) is 11.4. The molecule has 0 bridgehead atoms. The Bertz CT molecular complexity index is 776. The summed E-state index contributed by atoms with van der Waals surface area (Å²) in [6.45, 7) is 6.48. The smallest absolute Gasteiger partial charge is 0.306 e. The van der Waals surface area contributed by atoms with Gasteiger partial charge in [0.2, 0.25) is 5.91 Å². The summed E-state index contributed by atoms with van der Waals surface area (Å²) < 4.78 is 5.90. The van der Waals surface area contributed by atoms with Crippen molar-refractivity contribution in [3.63, 3.8) is 0 Å². The van der Waals surface area contributed by atoms with Gasteiger partial charge >= 0.3 is 5.97 Å². The van der Waals surface area contributed by atoms with Crippen LogP contribution in [0.2, 0.25) is 0 Å². The molecular formula is C48H95NO5. The second-order valence-electron chi connectivity index (χ2n) is 16.9. The van der Waals surface area contributed by atoms with Gasteiger partial charge in [-0.25, -0.2) is 0 Å². The molecule has 0 heterocycles. The van der Waals surface area contributed by atoms with Crippen LogP contribution >= 0.6 is 0 Å². The Morgan fingerprint density at radius 2 is 0.778 bits per heavy atom. The zero-order valence-corrected chi connectivity index (χ0v) is 36.6. The maximum Gasteiger partial charge on any atom is 0.306 e. The van der Waals surface area contributed by atoms with E-state index in [9.17, 15) is 19.8 Å². The Morgan fingerprint density at radius 1 is 0.463 bits per heavy atom. The first-order chi connectivity index (χ1) is 26.5. The molecule has 0 aromatic heterocycles. The van der Waals surface area contributed by atoms with Crippen LogP contribution in [-0.4, -0.2) is 46.9 Å². The highest BCUT2D eigenvalue weighted by molar-refractivity contribution is 5.77. The van der Waals surface area contributed by atoms with Crippen LogP contribution in [0.1, 0.15) is 271 Å². The lowest BCUT2D eigenvalue weighted by Gasteiger charge is -2.24. The molecule has 0 saturated carbocycles. The van der Waals surface area contributed by atoms with Gasteiger partial charge in [0.1, 0.15) is 6.10 Å². The summed E-state index contributed by atoms with van der Waals surface area (Å²) in [6, 6.07) is -0.690. The third kappa shape index (κ3) is 37.8. The standard InChI is InChI=1S/C48H95NO5/c1-4-7-10-13-16-19-21-23-24-26-29-31-34-37-40-46(51)45(43-50)49-47(52)42-44(39-36-33-30-28-25-22-20-17-14-11-8-5-2)54-48(53)41-38-35-32-27-18-15-12-9-6-3/h44-46,50-51H,4-43H2,1-3H3,(H,49,52). The van der Waals surface area contributed by atoms with Gasteiger partial charge in [0.15, 0.2) is 0 Å². The molecule has 0 aromatic rings. The van der Waals surface area contributed by atoms with Gasteiger partial charge in [-0.3, -0.25) is 9.59 Å². The minimum absolute atomic E-state index is 0.0869. The number of carbonyl (C=O) groups excluding carboxylic acids is 2. The molecule has 0 rings (SSSR count). The fourth-order valence-corrected chi connectivity index (χ4v) is 7.73. The van der Waals surface area contributed by atoms with E-state index in [1.54, 1.807) is 0 Å². The van der Waals surface area contributed by atoms with E-state index in [1.165, 1.54) is 180 Å². The Hall–Kier alpha value is -1.14. The third-order valence-electron chi connectivity index (χ3n) is 11.4. The first kappa shape index (κ1) is 52.9. The minimum atomic E-state index is -0.778. The number of hydrogen-bond acceptors (Lipinski definition) is 5. The molecule has 0 aliphatic carbocycles. The molecule has 0 spiro atoms. The van der Waals surface area contributed by atoms with E-state index in [-0.39, 0.29) is 24.9 Å². The highest BCUT2D eigenvalue weighted by Crippen LogP contribution is 2.18. The molecule has 3 atom stereocenters. The summed E-state index contributed by atoms with van der Waals surface area (Å²) in [4.78, 5) is 26.0. The predicted octanol–water partition coefficient (Wildman–Crippen LogP) is 14.0. The number of unbranched alkanes of at least 4 members (excludes halogenated alkanes) is 32. The summed E-state index contributed by atoms with van der Waals surface area (Å²) in [6.07, 6.45) is 44.4. The summed E-state index contributed by atoms with van der Waals surface area (Å²) in [5.74, 6) is -0.458. The van der Waals surface area contributed by atoms with Crippen molar-refractivity contribution in [2.75, 3.05) is 6.61 Å². The fraction of sp³-hybridized carbons (Fsp3) is 0.958. The lowest BCUT2D eigenvalue weighted by atomic mass is 10.0. The molecule has 0 fully saturated rings. The molecule has 0 saturated heterocycles. The highest BCUT2D eigenvalue weighted by Gasteiger charge is 2.24. The molecule has 54 heavy (non-hydrogen) atoms. The van der Waals surface area contributed by atoms with E-state index in [1.807, 2.05) is 0 Å². The predicted molar refractivity (Wildman–Crippen MR) is 232 cm³/mol. The van der Waals surface area contributed by atoms with Gasteiger partial charge in [-0.05, 0) is 25.7 Å². The summed E-state index contributed by atoms with van der Waals surface area (Å²) >= 11 is 0. The molecule has 1 amide bonds. The van der Waals surface area contributed by atoms with Crippen molar-refractivity contribution in [3.8, 4) is 0 Å². The Kier molecular flexibility index (Phi) is 42.1. The van der Waals surface area contributed by atoms with Crippen molar-refractivity contribution in [2.45, 2.75) is 289 Å². The molecular weight excluding hydrogens is 671 g/mol. The molecule has 6 heteroatoms. The van der Waals surface area contributed by atoms with Gasteiger partial charge in [0, 0.05) is 6.42 Å². The van der Waals surface area contributed by atoms with Crippen LogP contribution in [0.5, 0.6) is 0 Å². The average molecular weight is 766 g/mol. The van der Waals surface area contributed by atoms with Crippen LogP contribution in [0, 0.1) is 0 Å². The van der Waals surface area contributed by atoms with E-state index < -0.39 is 18.2 Å². The SMILES string of the molecule is CCCCCCCCCCCCCCCCC(O)C(CO)NC(=O)CC(CCCCCCCCCCCCCC)OC(=O)CCCCCCCCCCC. The van der Waals surface area contributed by atoms with E-state index in [0.717, 1.165) is 44.9 Å². The van der Waals surface area contributed by atoms with Crippen molar-refractivity contribution in [2.24, 2.45) is 0 Å². The second-order valence-corrected chi connectivity index (χ2v) is 16.9. The summed E-state index contributed by atoms with van der Waals surface area (Å²) in [5, 5.41) is 23.7. The molecule has 6 nitrogen and oxygen atoms in total. The molecule has 322 valence electrons. The van der Waals surface area contributed by atoms with E-state index in [2.05, 4.69) is 26.1 Å². The minimum Gasteiger partial charge on any atom is -0.462 e. The lowest BCUT2D eigenvalue weighted by molar-refractivity contribution is -0.151. The van der Waals surface area contributed by atoms with E-state index in [4.69, 9.17) is 4.74 Å². The average Bonchev–Trinajstić information content (AvgIpc) is 3.16. The van der Waals surface area contributed by atoms with Crippen molar-refractivity contribution in [1.82, 2.24) is 5.32 Å². The number of nitrogens with one attached hydrogen (secondary N) is 1. The van der Waals surface area contributed by atoms with Crippen molar-refractivity contribution in [1.29, 1.82) is 0 Å². The highest BCUT2D eigenvalue weighted by atomic mass is 16.5. The van der Waals surface area contributed by atoms with Crippen molar-refractivity contribution >= 4 is 11.9 Å². The Balaban J connectivity index is 4.48. The van der Waals surface area contributed by atoms with Gasteiger partial charge in [0.25, 0.3) is 0 Å². The molecule has 0 aliphatic rings. The zero-order valence-electron chi connectivity index (χ0n) is 36.6. The number of amides is 1. The van der Waals surface area contributed by atoms with E-state index in [0.29, 0.717) is 19.3 Å². The first-order valence-corrected chi connectivity index (χ1v) is 24.3.